The van der Waals surface area contributed by atoms with E-state index >= 15 is 0 Å². The zero-order chi connectivity index (χ0) is 15.1. The molecule has 0 aliphatic heterocycles. The summed E-state index contributed by atoms with van der Waals surface area (Å²) >= 11 is 0. The van der Waals surface area contributed by atoms with E-state index in [-0.39, 0.29) is 17.3 Å². The Morgan fingerprint density at radius 2 is 2.10 bits per heavy atom. The van der Waals surface area contributed by atoms with Crippen molar-refractivity contribution in [1.29, 1.82) is 0 Å². The molecule has 0 aliphatic rings. The van der Waals surface area contributed by atoms with Crippen LogP contribution in [0.25, 0.3) is 0 Å². The van der Waals surface area contributed by atoms with Gasteiger partial charge in [0.2, 0.25) is 5.91 Å². The van der Waals surface area contributed by atoms with Gasteiger partial charge in [0.15, 0.2) is 6.20 Å². The van der Waals surface area contributed by atoms with Gasteiger partial charge in [-0.1, -0.05) is 19.8 Å². The van der Waals surface area contributed by atoms with Gasteiger partial charge in [-0.3, -0.25) is 14.9 Å². The SMILES string of the molecule is CCCCCC(=O)NC(=O)c1cnc([N+](=O)[O-])cc1C. The molecular formula is C13H17N3O4. The highest BCUT2D eigenvalue weighted by molar-refractivity contribution is 6.05. The van der Waals surface area contributed by atoms with Crippen LogP contribution in [0.1, 0.15) is 48.5 Å². The normalized spacial score (nSPS) is 10.1. The highest BCUT2D eigenvalue weighted by Crippen LogP contribution is 2.13. The number of aryl methyl sites for hydroxylation is 1. The molecule has 0 aliphatic carbocycles. The summed E-state index contributed by atoms with van der Waals surface area (Å²) in [5, 5.41) is 12.8. The number of nitrogens with zero attached hydrogens (tertiary/aromatic N) is 2. The van der Waals surface area contributed by atoms with Crippen LogP contribution in [0.4, 0.5) is 5.82 Å². The summed E-state index contributed by atoms with van der Waals surface area (Å²) < 4.78 is 0. The number of hydrogen-bond donors (Lipinski definition) is 1. The van der Waals surface area contributed by atoms with E-state index in [0.717, 1.165) is 25.5 Å². The Labute approximate surface area is 116 Å². The van der Waals surface area contributed by atoms with E-state index in [4.69, 9.17) is 0 Å². The molecule has 7 heteroatoms. The molecule has 1 N–H and O–H groups in total. The summed E-state index contributed by atoms with van der Waals surface area (Å²) in [7, 11) is 0. The maximum absolute atomic E-state index is 11.8. The number of nitrogens with one attached hydrogen (secondary N) is 1. The summed E-state index contributed by atoms with van der Waals surface area (Å²) in [5.74, 6) is -1.25. The van der Waals surface area contributed by atoms with Crippen molar-refractivity contribution in [3.05, 3.63) is 33.5 Å². The number of carbonyl (C=O) groups excluding carboxylic acids is 2. The summed E-state index contributed by atoms with van der Waals surface area (Å²) in [5.41, 5.74) is 0.574. The highest BCUT2D eigenvalue weighted by atomic mass is 16.6. The second-order valence-electron chi connectivity index (χ2n) is 4.45. The van der Waals surface area contributed by atoms with Gasteiger partial charge < -0.3 is 10.1 Å². The monoisotopic (exact) mass is 279 g/mol. The first kappa shape index (κ1) is 15.7. The molecule has 1 rings (SSSR count). The van der Waals surface area contributed by atoms with Gasteiger partial charge in [-0.2, -0.15) is 0 Å². The molecule has 0 atom stereocenters. The molecule has 0 saturated carbocycles. The third kappa shape index (κ3) is 4.42. The number of amides is 2. The number of imide groups is 1. The molecule has 0 aromatic carbocycles. The number of rotatable bonds is 6. The Kier molecular flexibility index (Phi) is 5.76. The van der Waals surface area contributed by atoms with Crippen LogP contribution in [-0.2, 0) is 4.79 Å². The number of carbonyl (C=O) groups is 2. The Hall–Kier alpha value is -2.31. The number of hydrogen-bond acceptors (Lipinski definition) is 5. The van der Waals surface area contributed by atoms with Gasteiger partial charge >= 0.3 is 5.82 Å². The van der Waals surface area contributed by atoms with Crippen molar-refractivity contribution in [3.8, 4) is 0 Å². The number of aromatic nitrogens is 1. The van der Waals surface area contributed by atoms with E-state index in [1.807, 2.05) is 6.92 Å². The van der Waals surface area contributed by atoms with Gasteiger partial charge in [-0.15, -0.1) is 0 Å². The molecule has 108 valence electrons. The molecule has 0 saturated heterocycles. The van der Waals surface area contributed by atoms with Gasteiger partial charge in [0.1, 0.15) is 0 Å². The van der Waals surface area contributed by atoms with Crippen molar-refractivity contribution in [3.63, 3.8) is 0 Å². The minimum Gasteiger partial charge on any atom is -0.358 e. The van der Waals surface area contributed by atoms with E-state index < -0.39 is 10.8 Å². The number of unbranched alkanes of at least 4 members (excludes halogenated alkanes) is 2. The van der Waals surface area contributed by atoms with E-state index in [1.165, 1.54) is 6.07 Å². The lowest BCUT2D eigenvalue weighted by Gasteiger charge is -2.05. The van der Waals surface area contributed by atoms with Gasteiger partial charge in [0.05, 0.1) is 5.56 Å². The topological polar surface area (TPSA) is 102 Å². The lowest BCUT2D eigenvalue weighted by atomic mass is 10.1. The molecule has 7 nitrogen and oxygen atoms in total. The first-order valence-corrected chi connectivity index (χ1v) is 6.41. The predicted octanol–water partition coefficient (Wildman–Crippen LogP) is 2.13. The Balaban J connectivity index is 2.68. The first-order valence-electron chi connectivity index (χ1n) is 6.41. The summed E-state index contributed by atoms with van der Waals surface area (Å²) in [4.78, 5) is 36.9. The molecule has 1 aromatic rings. The van der Waals surface area contributed by atoms with Crippen LogP contribution in [0.3, 0.4) is 0 Å². The van der Waals surface area contributed by atoms with Crippen LogP contribution < -0.4 is 5.32 Å². The molecular weight excluding hydrogens is 262 g/mol. The van der Waals surface area contributed by atoms with Crippen molar-refractivity contribution < 1.29 is 14.5 Å². The van der Waals surface area contributed by atoms with Crippen molar-refractivity contribution >= 4 is 17.6 Å². The van der Waals surface area contributed by atoms with Crippen LogP contribution in [0.2, 0.25) is 0 Å². The van der Waals surface area contributed by atoms with Gasteiger partial charge in [0, 0.05) is 12.5 Å². The summed E-state index contributed by atoms with van der Waals surface area (Å²) in [6, 6.07) is 1.20. The van der Waals surface area contributed by atoms with Gasteiger partial charge in [-0.25, -0.2) is 0 Å². The van der Waals surface area contributed by atoms with Crippen LogP contribution in [0.15, 0.2) is 12.3 Å². The molecule has 2 amide bonds. The van der Waals surface area contributed by atoms with Crippen LogP contribution in [0.5, 0.6) is 0 Å². The molecule has 1 heterocycles. The fourth-order valence-electron chi connectivity index (χ4n) is 1.67. The average Bonchev–Trinajstić information content (AvgIpc) is 2.38. The maximum Gasteiger partial charge on any atom is 0.363 e. The molecule has 1 aromatic heterocycles. The molecule has 0 spiro atoms. The zero-order valence-electron chi connectivity index (χ0n) is 11.5. The van der Waals surface area contributed by atoms with Crippen molar-refractivity contribution in [2.45, 2.75) is 39.5 Å². The largest absolute Gasteiger partial charge is 0.363 e. The fourth-order valence-corrected chi connectivity index (χ4v) is 1.67. The Morgan fingerprint density at radius 3 is 2.65 bits per heavy atom. The molecule has 0 bridgehead atoms. The van der Waals surface area contributed by atoms with Gasteiger partial charge in [-0.05, 0) is 28.8 Å². The standard InChI is InChI=1S/C13H17N3O4/c1-3-4-5-6-12(17)15-13(18)10-8-14-11(16(19)20)7-9(10)2/h7-8H,3-6H2,1-2H3,(H,15,17,18). The lowest BCUT2D eigenvalue weighted by Crippen LogP contribution is -2.30. The smallest absolute Gasteiger partial charge is 0.358 e. The molecule has 0 unspecified atom stereocenters. The van der Waals surface area contributed by atoms with Crippen LogP contribution >= 0.6 is 0 Å². The number of nitro groups is 1. The average molecular weight is 279 g/mol. The summed E-state index contributed by atoms with van der Waals surface area (Å²) in [6.45, 7) is 3.58. The molecule has 0 fully saturated rings. The Bertz CT molecular complexity index is 528. The van der Waals surface area contributed by atoms with Crippen LogP contribution in [0, 0.1) is 17.0 Å². The minimum absolute atomic E-state index is 0.166. The quantitative estimate of drug-likeness (QED) is 0.488. The number of pyridine rings is 1. The minimum atomic E-state index is -0.634. The Morgan fingerprint density at radius 1 is 1.40 bits per heavy atom. The lowest BCUT2D eigenvalue weighted by molar-refractivity contribution is -0.389. The van der Waals surface area contributed by atoms with Crippen LogP contribution in [-0.4, -0.2) is 21.7 Å². The second kappa shape index (κ2) is 7.32. The van der Waals surface area contributed by atoms with E-state index in [2.05, 4.69) is 10.3 Å². The first-order chi connectivity index (χ1) is 9.45. The predicted molar refractivity (Wildman–Crippen MR) is 72.2 cm³/mol. The van der Waals surface area contributed by atoms with E-state index in [9.17, 15) is 19.7 Å². The van der Waals surface area contributed by atoms with E-state index in [1.54, 1.807) is 6.92 Å². The van der Waals surface area contributed by atoms with Crippen molar-refractivity contribution in [1.82, 2.24) is 10.3 Å². The maximum atomic E-state index is 11.8. The molecule has 0 radical (unpaired) electrons. The zero-order valence-corrected chi connectivity index (χ0v) is 11.5. The van der Waals surface area contributed by atoms with E-state index in [0.29, 0.717) is 12.0 Å². The third-order valence-corrected chi connectivity index (χ3v) is 2.79. The fraction of sp³-hybridized carbons (Fsp3) is 0.462. The van der Waals surface area contributed by atoms with Crippen molar-refractivity contribution in [2.24, 2.45) is 0 Å². The second-order valence-corrected chi connectivity index (χ2v) is 4.45. The molecule has 20 heavy (non-hydrogen) atoms. The third-order valence-electron chi connectivity index (χ3n) is 2.79. The highest BCUT2D eigenvalue weighted by Gasteiger charge is 2.17. The summed E-state index contributed by atoms with van der Waals surface area (Å²) in [6.07, 6.45) is 4.06. The van der Waals surface area contributed by atoms with Crippen molar-refractivity contribution in [2.75, 3.05) is 0 Å². The van der Waals surface area contributed by atoms with Gasteiger partial charge in [0.25, 0.3) is 5.91 Å².